The van der Waals surface area contributed by atoms with Gasteiger partial charge in [0.1, 0.15) is 0 Å². The summed E-state index contributed by atoms with van der Waals surface area (Å²) in [6, 6.07) is 15.5. The molecule has 1 atom stereocenters. The number of nitrogens with one attached hydrogen (secondary N) is 1. The van der Waals surface area contributed by atoms with E-state index < -0.39 is 0 Å². The van der Waals surface area contributed by atoms with E-state index in [-0.39, 0.29) is 0 Å². The maximum Gasteiger partial charge on any atom is 0.0400 e. The Morgan fingerprint density at radius 2 is 1.65 bits per heavy atom. The molecule has 1 nitrogen and oxygen atoms in total. The third-order valence-electron chi connectivity index (χ3n) is 4.16. The number of aryl methyl sites for hydroxylation is 2. The third kappa shape index (κ3) is 3.63. The summed E-state index contributed by atoms with van der Waals surface area (Å²) < 4.78 is 0. The molecule has 1 unspecified atom stereocenters. The SMILES string of the molecule is CCC(C)c1ccc(NCc2ccc(C)c(C)c2)cc1. The lowest BCUT2D eigenvalue weighted by Gasteiger charge is -2.12. The summed E-state index contributed by atoms with van der Waals surface area (Å²) in [4.78, 5) is 0. The molecule has 0 aliphatic carbocycles. The molecule has 2 aromatic carbocycles. The first-order chi connectivity index (χ1) is 9.60. The molecular formula is C19H25N. The van der Waals surface area contributed by atoms with Gasteiger partial charge in [-0.25, -0.2) is 0 Å². The average Bonchev–Trinajstić information content (AvgIpc) is 2.48. The zero-order valence-corrected chi connectivity index (χ0v) is 13.0. The molecule has 0 aromatic heterocycles. The van der Waals surface area contributed by atoms with Gasteiger partial charge in [-0.05, 0) is 60.6 Å². The molecule has 0 aliphatic heterocycles. The fourth-order valence-electron chi connectivity index (χ4n) is 2.28. The van der Waals surface area contributed by atoms with Crippen molar-refractivity contribution in [3.05, 3.63) is 64.7 Å². The van der Waals surface area contributed by atoms with Crippen molar-refractivity contribution in [3.8, 4) is 0 Å². The second kappa shape index (κ2) is 6.60. The second-order valence-electron chi connectivity index (χ2n) is 5.70. The Bertz CT molecular complexity index is 554. The van der Waals surface area contributed by atoms with E-state index in [2.05, 4.69) is 75.5 Å². The summed E-state index contributed by atoms with van der Waals surface area (Å²) in [5, 5.41) is 3.49. The highest BCUT2D eigenvalue weighted by molar-refractivity contribution is 5.46. The van der Waals surface area contributed by atoms with Gasteiger partial charge in [-0.15, -0.1) is 0 Å². The molecule has 2 rings (SSSR count). The zero-order valence-electron chi connectivity index (χ0n) is 13.0. The second-order valence-corrected chi connectivity index (χ2v) is 5.70. The van der Waals surface area contributed by atoms with Crippen LogP contribution in [-0.4, -0.2) is 0 Å². The van der Waals surface area contributed by atoms with Crippen LogP contribution in [0.1, 0.15) is 48.4 Å². The molecule has 0 amide bonds. The molecule has 0 spiro atoms. The molecule has 1 N–H and O–H groups in total. The third-order valence-corrected chi connectivity index (χ3v) is 4.16. The van der Waals surface area contributed by atoms with Crippen molar-refractivity contribution in [1.29, 1.82) is 0 Å². The van der Waals surface area contributed by atoms with E-state index in [0.717, 1.165) is 6.54 Å². The lowest BCUT2D eigenvalue weighted by molar-refractivity contribution is 0.734. The van der Waals surface area contributed by atoms with Crippen LogP contribution < -0.4 is 5.32 Å². The van der Waals surface area contributed by atoms with E-state index in [9.17, 15) is 0 Å². The summed E-state index contributed by atoms with van der Waals surface area (Å²) in [6.45, 7) is 9.71. The fourth-order valence-corrected chi connectivity index (χ4v) is 2.28. The standard InChI is InChI=1S/C19H25N/c1-5-14(2)18-8-10-19(11-9-18)20-13-17-7-6-15(3)16(4)12-17/h6-12,14,20H,5,13H2,1-4H3. The van der Waals surface area contributed by atoms with Crippen molar-refractivity contribution in [1.82, 2.24) is 0 Å². The van der Waals surface area contributed by atoms with Crippen LogP contribution in [0.5, 0.6) is 0 Å². The van der Waals surface area contributed by atoms with Crippen LogP contribution in [0, 0.1) is 13.8 Å². The van der Waals surface area contributed by atoms with E-state index in [1.807, 2.05) is 0 Å². The van der Waals surface area contributed by atoms with Crippen molar-refractivity contribution < 1.29 is 0 Å². The molecular weight excluding hydrogens is 242 g/mol. The highest BCUT2D eigenvalue weighted by atomic mass is 14.9. The molecule has 106 valence electrons. The maximum absolute atomic E-state index is 3.49. The highest BCUT2D eigenvalue weighted by Gasteiger charge is 2.02. The lowest BCUT2D eigenvalue weighted by Crippen LogP contribution is -2.00. The van der Waals surface area contributed by atoms with Crippen molar-refractivity contribution in [3.63, 3.8) is 0 Å². The van der Waals surface area contributed by atoms with Crippen molar-refractivity contribution in [2.75, 3.05) is 5.32 Å². The van der Waals surface area contributed by atoms with Crippen LogP contribution >= 0.6 is 0 Å². The first kappa shape index (κ1) is 14.6. The van der Waals surface area contributed by atoms with Crippen LogP contribution in [0.3, 0.4) is 0 Å². The predicted molar refractivity (Wildman–Crippen MR) is 88.4 cm³/mol. The first-order valence-electron chi connectivity index (χ1n) is 7.50. The van der Waals surface area contributed by atoms with Gasteiger partial charge in [0.25, 0.3) is 0 Å². The fraction of sp³-hybridized carbons (Fsp3) is 0.368. The molecule has 20 heavy (non-hydrogen) atoms. The van der Waals surface area contributed by atoms with Gasteiger partial charge >= 0.3 is 0 Å². The summed E-state index contributed by atoms with van der Waals surface area (Å²) >= 11 is 0. The maximum atomic E-state index is 3.49. The Morgan fingerprint density at radius 1 is 0.950 bits per heavy atom. The summed E-state index contributed by atoms with van der Waals surface area (Å²) in [6.07, 6.45) is 1.19. The Kier molecular flexibility index (Phi) is 4.84. The molecule has 0 heterocycles. The normalized spacial score (nSPS) is 12.2. The molecule has 0 saturated carbocycles. The minimum Gasteiger partial charge on any atom is -0.381 e. The minimum absolute atomic E-state index is 0.642. The summed E-state index contributed by atoms with van der Waals surface area (Å²) in [5.41, 5.74) is 6.65. The monoisotopic (exact) mass is 267 g/mol. The molecule has 1 heteroatoms. The number of hydrogen-bond acceptors (Lipinski definition) is 1. The smallest absolute Gasteiger partial charge is 0.0400 e. The largest absolute Gasteiger partial charge is 0.381 e. The van der Waals surface area contributed by atoms with E-state index in [4.69, 9.17) is 0 Å². The van der Waals surface area contributed by atoms with Crippen molar-refractivity contribution >= 4 is 5.69 Å². The highest BCUT2D eigenvalue weighted by Crippen LogP contribution is 2.21. The van der Waals surface area contributed by atoms with Gasteiger partial charge in [-0.1, -0.05) is 44.2 Å². The molecule has 0 aliphatic rings. The first-order valence-corrected chi connectivity index (χ1v) is 7.50. The van der Waals surface area contributed by atoms with Gasteiger partial charge in [-0.3, -0.25) is 0 Å². The number of anilines is 1. The zero-order chi connectivity index (χ0) is 14.5. The van der Waals surface area contributed by atoms with Crippen LogP contribution in [0.25, 0.3) is 0 Å². The van der Waals surface area contributed by atoms with Crippen LogP contribution in [0.4, 0.5) is 5.69 Å². The van der Waals surface area contributed by atoms with Crippen molar-refractivity contribution in [2.45, 2.75) is 46.6 Å². The van der Waals surface area contributed by atoms with Gasteiger partial charge in [0.2, 0.25) is 0 Å². The van der Waals surface area contributed by atoms with Gasteiger partial charge in [0.15, 0.2) is 0 Å². The van der Waals surface area contributed by atoms with E-state index >= 15 is 0 Å². The van der Waals surface area contributed by atoms with Crippen LogP contribution in [0.15, 0.2) is 42.5 Å². The van der Waals surface area contributed by atoms with Crippen LogP contribution in [0.2, 0.25) is 0 Å². The Balaban J connectivity index is 1.98. The molecule has 0 radical (unpaired) electrons. The van der Waals surface area contributed by atoms with Gasteiger partial charge in [0, 0.05) is 12.2 Å². The Hall–Kier alpha value is -1.76. The number of hydrogen-bond donors (Lipinski definition) is 1. The van der Waals surface area contributed by atoms with Crippen molar-refractivity contribution in [2.24, 2.45) is 0 Å². The minimum atomic E-state index is 0.642. The van der Waals surface area contributed by atoms with Gasteiger partial charge < -0.3 is 5.32 Å². The molecule has 2 aromatic rings. The quantitative estimate of drug-likeness (QED) is 0.761. The average molecular weight is 267 g/mol. The van der Waals surface area contributed by atoms with Crippen LogP contribution in [-0.2, 0) is 6.54 Å². The molecule has 0 bridgehead atoms. The number of rotatable bonds is 5. The number of benzene rings is 2. The lowest BCUT2D eigenvalue weighted by atomic mass is 9.98. The van der Waals surface area contributed by atoms with Gasteiger partial charge in [-0.2, -0.15) is 0 Å². The van der Waals surface area contributed by atoms with E-state index in [1.165, 1.54) is 34.4 Å². The summed E-state index contributed by atoms with van der Waals surface area (Å²) in [5.74, 6) is 0.642. The Morgan fingerprint density at radius 3 is 2.25 bits per heavy atom. The molecule has 0 saturated heterocycles. The van der Waals surface area contributed by atoms with E-state index in [0.29, 0.717) is 5.92 Å². The predicted octanol–water partition coefficient (Wildman–Crippen LogP) is 5.43. The molecule has 0 fully saturated rings. The Labute approximate surface area is 123 Å². The van der Waals surface area contributed by atoms with Gasteiger partial charge in [0.05, 0.1) is 0 Å². The topological polar surface area (TPSA) is 12.0 Å². The van der Waals surface area contributed by atoms with E-state index in [1.54, 1.807) is 0 Å². The summed E-state index contributed by atoms with van der Waals surface area (Å²) in [7, 11) is 0.